The van der Waals surface area contributed by atoms with Crippen LogP contribution in [0, 0.1) is 5.92 Å². The third-order valence-electron chi connectivity index (χ3n) is 5.68. The highest BCUT2D eigenvalue weighted by molar-refractivity contribution is 6.32. The zero-order valence-electron chi connectivity index (χ0n) is 21.8. The zero-order valence-corrected chi connectivity index (χ0v) is 22.6. The van der Waals surface area contributed by atoms with Gasteiger partial charge in [-0.2, -0.15) is 52.7 Å². The summed E-state index contributed by atoms with van der Waals surface area (Å²) in [5.74, 6) is -9.55. The number of halogens is 14. The Morgan fingerprint density at radius 3 is 2.02 bits per heavy atom. The highest BCUT2D eigenvalue weighted by Crippen LogP contribution is 2.42. The van der Waals surface area contributed by atoms with Crippen molar-refractivity contribution in [1.82, 2.24) is 5.32 Å². The molecule has 2 rings (SSSR count). The number of carbonyl (C=O) groups excluding carboxylic acids is 2. The maximum Gasteiger partial charge on any atom is 0.422 e. The van der Waals surface area contributed by atoms with Crippen molar-refractivity contribution in [1.29, 1.82) is 0 Å². The van der Waals surface area contributed by atoms with Gasteiger partial charge < -0.3 is 10.1 Å². The molecule has 0 saturated heterocycles. The van der Waals surface area contributed by atoms with Crippen LogP contribution in [0.2, 0.25) is 5.02 Å². The Morgan fingerprint density at radius 2 is 1.52 bits per heavy atom. The molecular weight excluding hydrogens is 657 g/mol. The molecule has 0 aliphatic carbocycles. The Hall–Kier alpha value is -3.50. The van der Waals surface area contributed by atoms with Crippen LogP contribution in [0.5, 0.6) is 5.75 Å². The molecule has 0 radical (unpaired) electrons. The van der Waals surface area contributed by atoms with E-state index in [0.29, 0.717) is 30.3 Å². The number of allylic oxidation sites excluding steroid dienone is 1. The van der Waals surface area contributed by atoms with Gasteiger partial charge in [0, 0.05) is 23.5 Å². The maximum absolute atomic E-state index is 15.0. The van der Waals surface area contributed by atoms with E-state index < -0.39 is 107 Å². The van der Waals surface area contributed by atoms with Gasteiger partial charge in [0.25, 0.3) is 0 Å². The van der Waals surface area contributed by atoms with Crippen molar-refractivity contribution in [2.75, 3.05) is 13.2 Å². The van der Waals surface area contributed by atoms with Crippen LogP contribution >= 0.6 is 11.6 Å². The van der Waals surface area contributed by atoms with Crippen molar-refractivity contribution in [3.63, 3.8) is 0 Å². The number of nitrogens with one attached hydrogen (secondary N) is 1. The van der Waals surface area contributed by atoms with Gasteiger partial charge in [-0.25, -0.2) is 4.39 Å². The van der Waals surface area contributed by atoms with Gasteiger partial charge in [0.1, 0.15) is 24.0 Å². The number of carbonyl (C=O) groups is 2. The first-order valence-electron chi connectivity index (χ1n) is 11.9. The van der Waals surface area contributed by atoms with Gasteiger partial charge in [0.2, 0.25) is 5.91 Å². The van der Waals surface area contributed by atoms with Crippen molar-refractivity contribution in [2.24, 2.45) is 5.92 Å². The van der Waals surface area contributed by atoms with E-state index in [9.17, 15) is 62.3 Å². The first-order valence-corrected chi connectivity index (χ1v) is 12.3. The van der Waals surface area contributed by atoms with Crippen LogP contribution in [-0.2, 0) is 11.0 Å². The zero-order chi connectivity index (χ0) is 33.8. The van der Waals surface area contributed by atoms with E-state index in [4.69, 9.17) is 11.6 Å². The van der Waals surface area contributed by atoms with E-state index in [1.807, 2.05) is 0 Å². The lowest BCUT2D eigenvalue weighted by Gasteiger charge is -2.19. The van der Waals surface area contributed by atoms with Crippen molar-refractivity contribution in [2.45, 2.75) is 44.0 Å². The van der Waals surface area contributed by atoms with Gasteiger partial charge >= 0.3 is 24.7 Å². The van der Waals surface area contributed by atoms with Crippen LogP contribution in [-0.4, -0.2) is 43.4 Å². The van der Waals surface area contributed by atoms with Crippen LogP contribution < -0.4 is 10.1 Å². The highest BCUT2D eigenvalue weighted by atomic mass is 35.5. The first-order chi connectivity index (χ1) is 19.9. The molecule has 18 heteroatoms. The largest absolute Gasteiger partial charge is 0.483 e. The molecule has 1 unspecified atom stereocenters. The van der Waals surface area contributed by atoms with Gasteiger partial charge in [-0.15, -0.1) is 0 Å². The number of ketones is 1. The number of rotatable bonds is 10. The number of alkyl halides is 12. The SMILES string of the molecule is C[C@@H](CC(=O)c1ccc(/C(F)=C/C(c2ccc(OCC(F)(F)F)c(Cl)c2)C(F)(F)F)cc1C(F)(F)F)C(=O)NCC(F)(F)F. The smallest absolute Gasteiger partial charge is 0.422 e. The summed E-state index contributed by atoms with van der Waals surface area (Å²) in [6.07, 6.45) is -21.4. The summed E-state index contributed by atoms with van der Waals surface area (Å²) in [4.78, 5) is 24.3. The fourth-order valence-corrected chi connectivity index (χ4v) is 3.87. The Bertz CT molecular complexity index is 1380. The molecule has 0 aliphatic rings. The molecule has 2 atom stereocenters. The number of hydrogen-bond acceptors (Lipinski definition) is 3. The lowest BCUT2D eigenvalue weighted by Crippen LogP contribution is -2.37. The first kappa shape index (κ1) is 36.7. The summed E-state index contributed by atoms with van der Waals surface area (Å²) in [6.45, 7) is -2.63. The molecule has 2 aromatic rings. The van der Waals surface area contributed by atoms with Crippen LogP contribution in [0.15, 0.2) is 42.5 Å². The van der Waals surface area contributed by atoms with Crippen LogP contribution in [0.4, 0.5) is 57.1 Å². The summed E-state index contributed by atoms with van der Waals surface area (Å²) >= 11 is 5.71. The van der Waals surface area contributed by atoms with Gasteiger partial charge in [0.05, 0.1) is 10.6 Å². The van der Waals surface area contributed by atoms with E-state index in [0.717, 1.165) is 6.92 Å². The molecule has 1 N–H and O–H groups in total. The highest BCUT2D eigenvalue weighted by Gasteiger charge is 2.41. The van der Waals surface area contributed by atoms with Crippen LogP contribution in [0.3, 0.4) is 0 Å². The van der Waals surface area contributed by atoms with Gasteiger partial charge in [-0.3, -0.25) is 9.59 Å². The average Bonchev–Trinajstić information content (AvgIpc) is 2.86. The number of benzene rings is 2. The molecule has 0 aromatic heterocycles. The quantitative estimate of drug-likeness (QED) is 0.202. The minimum Gasteiger partial charge on any atom is -0.483 e. The van der Waals surface area contributed by atoms with Gasteiger partial charge in [-0.1, -0.05) is 36.7 Å². The molecule has 244 valence electrons. The average molecular weight is 676 g/mol. The fourth-order valence-electron chi connectivity index (χ4n) is 3.62. The van der Waals surface area contributed by atoms with E-state index in [2.05, 4.69) is 4.74 Å². The number of amides is 1. The van der Waals surface area contributed by atoms with Crippen molar-refractivity contribution in [3.05, 3.63) is 69.8 Å². The molecule has 0 aliphatic heterocycles. The lowest BCUT2D eigenvalue weighted by molar-refractivity contribution is -0.153. The predicted octanol–water partition coefficient (Wildman–Crippen LogP) is 8.84. The molecule has 2 aromatic carbocycles. The number of Topliss-reactive ketones (excluding diaryl/α,β-unsaturated/α-hetero) is 1. The topological polar surface area (TPSA) is 55.4 Å². The minimum absolute atomic E-state index is 0.0297. The van der Waals surface area contributed by atoms with Crippen molar-refractivity contribution < 1.29 is 71.4 Å². The van der Waals surface area contributed by atoms with E-state index >= 15 is 4.39 Å². The second-order valence-electron chi connectivity index (χ2n) is 9.25. The molecule has 0 spiro atoms. The van der Waals surface area contributed by atoms with Crippen molar-refractivity contribution in [3.8, 4) is 5.75 Å². The summed E-state index contributed by atoms with van der Waals surface area (Å²) < 4.78 is 176. The fraction of sp³-hybridized carbons (Fsp3) is 0.385. The maximum atomic E-state index is 15.0. The second kappa shape index (κ2) is 13.6. The summed E-state index contributed by atoms with van der Waals surface area (Å²) in [6, 6.07) is 2.80. The molecule has 0 heterocycles. The monoisotopic (exact) mass is 675 g/mol. The van der Waals surface area contributed by atoms with Gasteiger partial charge in [0.15, 0.2) is 12.4 Å². The van der Waals surface area contributed by atoms with Gasteiger partial charge in [-0.05, 0) is 29.8 Å². The number of ether oxygens (including phenoxy) is 1. The molecule has 44 heavy (non-hydrogen) atoms. The minimum atomic E-state index is -5.37. The molecule has 1 amide bonds. The van der Waals surface area contributed by atoms with Crippen LogP contribution in [0.1, 0.15) is 46.3 Å². The molecule has 0 bridgehead atoms. The Kier molecular flexibility index (Phi) is 11.4. The second-order valence-corrected chi connectivity index (χ2v) is 9.65. The van der Waals surface area contributed by atoms with Crippen LogP contribution in [0.25, 0.3) is 5.83 Å². The summed E-state index contributed by atoms with van der Waals surface area (Å²) in [5, 5.41) is 0.753. The summed E-state index contributed by atoms with van der Waals surface area (Å²) in [7, 11) is 0. The lowest BCUT2D eigenvalue weighted by atomic mass is 9.92. The molecular formula is C26H19ClF13NO3. The number of hydrogen-bond donors (Lipinski definition) is 1. The third kappa shape index (κ3) is 10.9. The standard InChI is InChI=1S/C26H19ClF13NO3/c1-12(22(43)41-10-23(29,30)31)6-20(42)15-4-2-14(7-17(15)26(38,39)40)19(28)9-16(25(35,36)37)13-3-5-21(18(27)8-13)44-11-24(32,33)34/h2-5,7-9,12,16H,6,10-11H2,1H3,(H,41,43)/b19-9-/t12-,16?/m0/s1. The van der Waals surface area contributed by atoms with Crippen molar-refractivity contribution >= 4 is 29.1 Å². The molecule has 4 nitrogen and oxygen atoms in total. The van der Waals surface area contributed by atoms with E-state index in [-0.39, 0.29) is 12.1 Å². The molecule has 0 fully saturated rings. The Labute approximate surface area is 244 Å². The summed E-state index contributed by atoms with van der Waals surface area (Å²) in [5.41, 5.74) is -4.80. The Morgan fingerprint density at radius 1 is 0.909 bits per heavy atom. The predicted molar refractivity (Wildman–Crippen MR) is 130 cm³/mol. The Balaban J connectivity index is 2.41. The third-order valence-corrected chi connectivity index (χ3v) is 5.97. The normalized spacial score (nSPS) is 14.7. The van der Waals surface area contributed by atoms with E-state index in [1.165, 1.54) is 5.32 Å². The molecule has 0 saturated carbocycles. The van der Waals surface area contributed by atoms with E-state index in [1.54, 1.807) is 0 Å².